The van der Waals surface area contributed by atoms with Crippen LogP contribution in [0.5, 0.6) is 0 Å². The van der Waals surface area contributed by atoms with Crippen molar-refractivity contribution < 1.29 is 0 Å². The van der Waals surface area contributed by atoms with Crippen LogP contribution in [0, 0.1) is 6.92 Å². The smallest absolute Gasteiger partial charge is 0.164 e. The molecule has 2 aromatic heterocycles. The third-order valence-electron chi connectivity index (χ3n) is 2.21. The van der Waals surface area contributed by atoms with E-state index in [2.05, 4.69) is 28.9 Å². The molecule has 2 rings (SSSR count). The maximum atomic E-state index is 5.89. The Hall–Kier alpha value is -1.42. The van der Waals surface area contributed by atoms with Gasteiger partial charge in [-0.2, -0.15) is 5.10 Å². The predicted molar refractivity (Wildman–Crippen MR) is 63.4 cm³/mol. The van der Waals surface area contributed by atoms with Crippen molar-refractivity contribution in [3.8, 4) is 11.4 Å². The monoisotopic (exact) mass is 236 g/mol. The molecule has 0 atom stereocenters. The van der Waals surface area contributed by atoms with Crippen molar-refractivity contribution in [3.63, 3.8) is 0 Å². The number of aryl methyl sites for hydroxylation is 1. The van der Waals surface area contributed by atoms with Crippen molar-refractivity contribution in [2.24, 2.45) is 0 Å². The van der Waals surface area contributed by atoms with Crippen LogP contribution in [0.3, 0.4) is 0 Å². The zero-order chi connectivity index (χ0) is 11.7. The van der Waals surface area contributed by atoms with Crippen LogP contribution in [-0.2, 0) is 0 Å². The molecule has 0 fully saturated rings. The van der Waals surface area contributed by atoms with Crippen molar-refractivity contribution in [2.45, 2.75) is 26.8 Å². The third-order valence-corrected chi connectivity index (χ3v) is 2.41. The van der Waals surface area contributed by atoms with Gasteiger partial charge in [0.1, 0.15) is 5.15 Å². The number of nitrogens with zero attached hydrogens (tertiary/aromatic N) is 4. The zero-order valence-electron chi connectivity index (χ0n) is 9.48. The van der Waals surface area contributed by atoms with Gasteiger partial charge in [-0.15, -0.1) is 0 Å². The lowest BCUT2D eigenvalue weighted by molar-refractivity contribution is 0.532. The minimum Gasteiger partial charge on any atom is -0.270 e. The van der Waals surface area contributed by atoms with Crippen molar-refractivity contribution >= 4 is 11.6 Å². The third kappa shape index (κ3) is 2.22. The molecule has 0 aliphatic heterocycles. The highest BCUT2D eigenvalue weighted by molar-refractivity contribution is 6.29. The van der Waals surface area contributed by atoms with Crippen LogP contribution in [0.2, 0.25) is 5.15 Å². The van der Waals surface area contributed by atoms with Crippen LogP contribution in [0.4, 0.5) is 0 Å². The van der Waals surface area contributed by atoms with E-state index in [0.29, 0.717) is 17.0 Å². The van der Waals surface area contributed by atoms with Gasteiger partial charge in [-0.3, -0.25) is 4.68 Å². The Bertz CT molecular complexity index is 484. The average Bonchev–Trinajstić information content (AvgIpc) is 2.64. The van der Waals surface area contributed by atoms with Crippen LogP contribution >= 0.6 is 11.6 Å². The minimum absolute atomic E-state index is 0.328. The fourth-order valence-corrected chi connectivity index (χ4v) is 1.63. The van der Waals surface area contributed by atoms with E-state index in [1.807, 2.05) is 17.8 Å². The standard InChI is InChI=1S/C11H13ClN4/c1-7(2)16-6-9(5-13-16)11-14-8(3)4-10(12)15-11/h4-7H,1-3H3. The molecule has 2 heterocycles. The fraction of sp³-hybridized carbons (Fsp3) is 0.364. The van der Waals surface area contributed by atoms with Crippen molar-refractivity contribution in [1.82, 2.24) is 19.7 Å². The van der Waals surface area contributed by atoms with E-state index in [9.17, 15) is 0 Å². The zero-order valence-corrected chi connectivity index (χ0v) is 10.2. The molecular formula is C11H13ClN4. The molecule has 0 amide bonds. The molecule has 4 nitrogen and oxygen atoms in total. The number of halogens is 1. The second-order valence-corrected chi connectivity index (χ2v) is 4.35. The SMILES string of the molecule is Cc1cc(Cl)nc(-c2cnn(C(C)C)c2)n1. The summed E-state index contributed by atoms with van der Waals surface area (Å²) in [5.74, 6) is 0.622. The first-order valence-electron chi connectivity index (χ1n) is 5.12. The van der Waals surface area contributed by atoms with E-state index in [1.54, 1.807) is 12.3 Å². The highest BCUT2D eigenvalue weighted by Gasteiger charge is 2.08. The normalized spacial score (nSPS) is 11.1. The Morgan fingerprint density at radius 2 is 2.06 bits per heavy atom. The van der Waals surface area contributed by atoms with Gasteiger partial charge in [0.25, 0.3) is 0 Å². The number of rotatable bonds is 2. The molecule has 0 aliphatic rings. The second kappa shape index (κ2) is 4.22. The molecule has 0 bridgehead atoms. The maximum absolute atomic E-state index is 5.89. The first-order chi connectivity index (χ1) is 7.56. The van der Waals surface area contributed by atoms with Gasteiger partial charge < -0.3 is 0 Å². The van der Waals surface area contributed by atoms with Crippen LogP contribution in [0.1, 0.15) is 25.6 Å². The van der Waals surface area contributed by atoms with Gasteiger partial charge in [0.2, 0.25) is 0 Å². The maximum Gasteiger partial charge on any atom is 0.164 e. The number of aromatic nitrogens is 4. The van der Waals surface area contributed by atoms with E-state index in [4.69, 9.17) is 11.6 Å². The van der Waals surface area contributed by atoms with Gasteiger partial charge in [0, 0.05) is 17.9 Å². The van der Waals surface area contributed by atoms with E-state index in [-0.39, 0.29) is 0 Å². The topological polar surface area (TPSA) is 43.6 Å². The Morgan fingerprint density at radius 3 is 2.62 bits per heavy atom. The molecule has 0 saturated heterocycles. The van der Waals surface area contributed by atoms with Crippen LogP contribution in [0.25, 0.3) is 11.4 Å². The molecule has 0 saturated carbocycles. The summed E-state index contributed by atoms with van der Waals surface area (Å²) in [6.07, 6.45) is 3.68. The van der Waals surface area contributed by atoms with Gasteiger partial charge in [-0.1, -0.05) is 11.6 Å². The summed E-state index contributed by atoms with van der Waals surface area (Å²) in [5, 5.41) is 4.70. The van der Waals surface area contributed by atoms with Gasteiger partial charge in [0.15, 0.2) is 5.82 Å². The quantitative estimate of drug-likeness (QED) is 0.753. The van der Waals surface area contributed by atoms with E-state index in [0.717, 1.165) is 11.3 Å². The van der Waals surface area contributed by atoms with Crippen LogP contribution < -0.4 is 0 Å². The highest BCUT2D eigenvalue weighted by Crippen LogP contribution is 2.18. The highest BCUT2D eigenvalue weighted by atomic mass is 35.5. The Morgan fingerprint density at radius 1 is 1.31 bits per heavy atom. The van der Waals surface area contributed by atoms with E-state index >= 15 is 0 Å². The molecule has 5 heteroatoms. The van der Waals surface area contributed by atoms with Crippen LogP contribution in [0.15, 0.2) is 18.5 Å². The van der Waals surface area contributed by atoms with Crippen molar-refractivity contribution in [2.75, 3.05) is 0 Å². The molecule has 0 radical (unpaired) electrons. The lowest BCUT2D eigenvalue weighted by Gasteiger charge is -2.03. The number of hydrogen-bond donors (Lipinski definition) is 0. The predicted octanol–water partition coefficient (Wildman–Crippen LogP) is 2.88. The molecule has 0 aliphatic carbocycles. The summed E-state index contributed by atoms with van der Waals surface area (Å²) >= 11 is 5.89. The first-order valence-corrected chi connectivity index (χ1v) is 5.50. The molecular weight excluding hydrogens is 224 g/mol. The summed E-state index contributed by atoms with van der Waals surface area (Å²) in [7, 11) is 0. The van der Waals surface area contributed by atoms with E-state index < -0.39 is 0 Å². The van der Waals surface area contributed by atoms with Gasteiger partial charge in [0.05, 0.1) is 11.8 Å². The van der Waals surface area contributed by atoms with E-state index in [1.165, 1.54) is 0 Å². The lowest BCUT2D eigenvalue weighted by atomic mass is 10.3. The molecule has 16 heavy (non-hydrogen) atoms. The summed E-state index contributed by atoms with van der Waals surface area (Å²) in [5.41, 5.74) is 1.74. The molecule has 0 unspecified atom stereocenters. The van der Waals surface area contributed by atoms with Crippen LogP contribution in [-0.4, -0.2) is 19.7 Å². The first kappa shape index (κ1) is 11.1. The summed E-state index contributed by atoms with van der Waals surface area (Å²) in [4.78, 5) is 8.51. The van der Waals surface area contributed by atoms with Gasteiger partial charge in [-0.25, -0.2) is 9.97 Å². The molecule has 2 aromatic rings. The minimum atomic E-state index is 0.328. The molecule has 0 aromatic carbocycles. The molecule has 0 N–H and O–H groups in total. The Balaban J connectivity index is 2.42. The van der Waals surface area contributed by atoms with Gasteiger partial charge >= 0.3 is 0 Å². The lowest BCUT2D eigenvalue weighted by Crippen LogP contribution is -1.99. The van der Waals surface area contributed by atoms with Crippen molar-refractivity contribution in [3.05, 3.63) is 29.3 Å². The number of hydrogen-bond acceptors (Lipinski definition) is 3. The summed E-state index contributed by atoms with van der Waals surface area (Å²) < 4.78 is 1.87. The molecule has 84 valence electrons. The Labute approximate surface area is 99.3 Å². The Kier molecular flexibility index (Phi) is 2.92. The molecule has 0 spiro atoms. The summed E-state index contributed by atoms with van der Waals surface area (Å²) in [6.45, 7) is 6.03. The van der Waals surface area contributed by atoms with Gasteiger partial charge in [-0.05, 0) is 26.8 Å². The fourth-order valence-electron chi connectivity index (χ4n) is 1.40. The summed E-state index contributed by atoms with van der Waals surface area (Å²) in [6, 6.07) is 2.06. The average molecular weight is 237 g/mol. The van der Waals surface area contributed by atoms with Crippen molar-refractivity contribution in [1.29, 1.82) is 0 Å². The largest absolute Gasteiger partial charge is 0.270 e. The second-order valence-electron chi connectivity index (χ2n) is 3.96.